The van der Waals surface area contributed by atoms with E-state index < -0.39 is 0 Å². The topological polar surface area (TPSA) is 51.6 Å². The van der Waals surface area contributed by atoms with Crippen LogP contribution >= 0.6 is 0 Å². The number of benzene rings is 4. The molecule has 4 aromatic carbocycles. The van der Waals surface area contributed by atoms with Crippen LogP contribution in [0, 0.1) is 0 Å². The van der Waals surface area contributed by atoms with Crippen molar-refractivity contribution in [2.45, 2.75) is 26.3 Å². The molecule has 6 heteroatoms. The highest BCUT2D eigenvalue weighted by Gasteiger charge is 2.22. The predicted octanol–water partition coefficient (Wildman–Crippen LogP) is 6.84. The van der Waals surface area contributed by atoms with Crippen molar-refractivity contribution >= 4 is 17.2 Å². The van der Waals surface area contributed by atoms with E-state index in [0.29, 0.717) is 19.8 Å². The molecule has 0 unspecified atom stereocenters. The summed E-state index contributed by atoms with van der Waals surface area (Å²) in [6.07, 6.45) is 1.94. The Morgan fingerprint density at radius 1 is 0.737 bits per heavy atom. The molecule has 190 valence electrons. The van der Waals surface area contributed by atoms with Crippen molar-refractivity contribution in [2.24, 2.45) is 7.05 Å². The molecule has 38 heavy (non-hydrogen) atoms. The van der Waals surface area contributed by atoms with Crippen molar-refractivity contribution in [3.63, 3.8) is 0 Å². The Labute approximate surface area is 223 Å². The molecule has 0 atom stereocenters. The van der Waals surface area contributed by atoms with Crippen LogP contribution in [0.5, 0.6) is 11.5 Å². The van der Waals surface area contributed by atoms with Crippen molar-refractivity contribution in [3.8, 4) is 11.5 Å². The summed E-state index contributed by atoms with van der Waals surface area (Å²) >= 11 is 0. The van der Waals surface area contributed by atoms with Crippen LogP contribution in [0.15, 0.2) is 109 Å². The van der Waals surface area contributed by atoms with Crippen molar-refractivity contribution in [3.05, 3.63) is 132 Å². The van der Waals surface area contributed by atoms with Crippen LogP contribution in [-0.2, 0) is 33.4 Å². The van der Waals surface area contributed by atoms with E-state index in [1.165, 1.54) is 0 Å². The lowest BCUT2D eigenvalue weighted by Gasteiger charge is -2.25. The normalized spacial score (nSPS) is 12.2. The number of nitrogens with zero attached hydrogens (tertiary/aromatic N) is 3. The van der Waals surface area contributed by atoms with E-state index in [-0.39, 0.29) is 0 Å². The molecule has 0 saturated heterocycles. The molecule has 1 N–H and O–H groups in total. The molecule has 0 spiro atoms. The molecular formula is C32H30N4O2. The lowest BCUT2D eigenvalue weighted by molar-refractivity contribution is 0.289. The Morgan fingerprint density at radius 2 is 1.34 bits per heavy atom. The Bertz CT molecular complexity index is 1450. The van der Waals surface area contributed by atoms with Crippen LogP contribution in [0.2, 0.25) is 0 Å². The third-order valence-electron chi connectivity index (χ3n) is 6.68. The fraction of sp³-hybridized carbons (Fsp3) is 0.156. The predicted molar refractivity (Wildman–Crippen MR) is 151 cm³/mol. The zero-order chi connectivity index (χ0) is 25.7. The van der Waals surface area contributed by atoms with Crippen LogP contribution < -0.4 is 19.7 Å². The van der Waals surface area contributed by atoms with E-state index in [4.69, 9.17) is 9.47 Å². The van der Waals surface area contributed by atoms with Crippen LogP contribution in [-0.4, -0.2) is 9.78 Å². The zero-order valence-electron chi connectivity index (χ0n) is 21.4. The summed E-state index contributed by atoms with van der Waals surface area (Å²) in [7, 11) is 1.97. The average Bonchev–Trinajstić information content (AvgIpc) is 3.21. The first-order valence-corrected chi connectivity index (χ1v) is 12.8. The summed E-state index contributed by atoms with van der Waals surface area (Å²) in [6, 6.07) is 35.0. The van der Waals surface area contributed by atoms with E-state index in [2.05, 4.69) is 76.0 Å². The smallest absolute Gasteiger partial charge is 0.133 e. The molecule has 6 rings (SSSR count). The second-order valence-corrected chi connectivity index (χ2v) is 9.50. The lowest BCUT2D eigenvalue weighted by atomic mass is 10.1. The van der Waals surface area contributed by atoms with Gasteiger partial charge in [-0.25, -0.2) is 0 Å². The van der Waals surface area contributed by atoms with E-state index in [1.54, 1.807) is 0 Å². The molecule has 5 aromatic rings. The standard InChI is InChI=1S/C32H30N4O2/c1-35-32-27(19-33-35)21-36(31-15-9-8-14-30(31)34-32)20-26-16-28(37-22-24-10-4-2-5-11-24)18-29(17-26)38-23-25-12-6-3-7-13-25/h2-19,34H,20-23H2,1H3. The highest BCUT2D eigenvalue weighted by Crippen LogP contribution is 2.37. The number of aromatic nitrogens is 2. The zero-order valence-corrected chi connectivity index (χ0v) is 21.4. The minimum Gasteiger partial charge on any atom is -0.489 e. The number of fused-ring (bicyclic) bond motifs is 2. The molecule has 0 radical (unpaired) electrons. The van der Waals surface area contributed by atoms with Crippen LogP contribution in [0.4, 0.5) is 17.2 Å². The SMILES string of the molecule is Cn1ncc2c1Nc1ccccc1N(Cc1cc(OCc3ccccc3)cc(OCc3ccccc3)c1)C2. The van der Waals surface area contributed by atoms with Gasteiger partial charge in [0.25, 0.3) is 0 Å². The Hall–Kier alpha value is -4.71. The Kier molecular flexibility index (Phi) is 6.68. The van der Waals surface area contributed by atoms with E-state index in [9.17, 15) is 0 Å². The molecule has 1 aromatic heterocycles. The molecule has 0 bridgehead atoms. The monoisotopic (exact) mass is 502 g/mol. The van der Waals surface area contributed by atoms with Gasteiger partial charge in [-0.3, -0.25) is 4.68 Å². The molecule has 0 saturated carbocycles. The molecule has 0 aliphatic carbocycles. The van der Waals surface area contributed by atoms with Gasteiger partial charge in [0.2, 0.25) is 0 Å². The van der Waals surface area contributed by atoms with Crippen LogP contribution in [0.25, 0.3) is 0 Å². The first-order valence-electron chi connectivity index (χ1n) is 12.8. The van der Waals surface area contributed by atoms with Gasteiger partial charge in [0.15, 0.2) is 0 Å². The fourth-order valence-electron chi connectivity index (χ4n) is 4.77. The van der Waals surface area contributed by atoms with Crippen LogP contribution in [0.3, 0.4) is 0 Å². The molecule has 0 fully saturated rings. The lowest BCUT2D eigenvalue weighted by Crippen LogP contribution is -2.21. The van der Waals surface area contributed by atoms with Crippen LogP contribution in [0.1, 0.15) is 22.3 Å². The molecule has 6 nitrogen and oxygen atoms in total. The second-order valence-electron chi connectivity index (χ2n) is 9.50. The number of anilines is 3. The number of rotatable bonds is 8. The maximum absolute atomic E-state index is 6.24. The van der Waals surface area contributed by atoms with Crippen molar-refractivity contribution in [1.29, 1.82) is 0 Å². The Morgan fingerprint density at radius 3 is 2.00 bits per heavy atom. The maximum atomic E-state index is 6.24. The summed E-state index contributed by atoms with van der Waals surface area (Å²) in [5.41, 5.74) is 6.72. The van der Waals surface area contributed by atoms with Gasteiger partial charge in [-0.15, -0.1) is 0 Å². The summed E-state index contributed by atoms with van der Waals surface area (Å²) in [5, 5.41) is 8.05. The number of aryl methyl sites for hydroxylation is 1. The van der Waals surface area contributed by atoms with Gasteiger partial charge in [0.05, 0.1) is 17.6 Å². The minimum atomic E-state index is 0.498. The van der Waals surface area contributed by atoms with Gasteiger partial charge < -0.3 is 19.7 Å². The van der Waals surface area contributed by atoms with Crippen molar-refractivity contribution in [2.75, 3.05) is 10.2 Å². The number of nitrogens with one attached hydrogen (secondary N) is 1. The summed E-state index contributed by atoms with van der Waals surface area (Å²) < 4.78 is 14.4. The van der Waals surface area contributed by atoms with Crippen molar-refractivity contribution < 1.29 is 9.47 Å². The largest absolute Gasteiger partial charge is 0.489 e. The minimum absolute atomic E-state index is 0.498. The molecular weight excluding hydrogens is 472 g/mol. The van der Waals surface area contributed by atoms with Gasteiger partial charge in [-0.1, -0.05) is 72.8 Å². The molecule has 1 aliphatic heterocycles. The number of para-hydroxylation sites is 2. The average molecular weight is 503 g/mol. The summed E-state index contributed by atoms with van der Waals surface area (Å²) in [5.74, 6) is 2.60. The van der Waals surface area contributed by atoms with Gasteiger partial charge in [-0.2, -0.15) is 5.10 Å². The van der Waals surface area contributed by atoms with Gasteiger partial charge in [0.1, 0.15) is 30.5 Å². The highest BCUT2D eigenvalue weighted by atomic mass is 16.5. The van der Waals surface area contributed by atoms with Gasteiger partial charge in [-0.05, 0) is 41.0 Å². The maximum Gasteiger partial charge on any atom is 0.133 e. The summed E-state index contributed by atoms with van der Waals surface area (Å²) in [6.45, 7) is 2.43. The van der Waals surface area contributed by atoms with E-state index >= 15 is 0 Å². The molecule has 0 amide bonds. The quantitative estimate of drug-likeness (QED) is 0.252. The molecule has 2 heterocycles. The summed E-state index contributed by atoms with van der Waals surface area (Å²) in [4.78, 5) is 2.37. The second kappa shape index (κ2) is 10.7. The van der Waals surface area contributed by atoms with Crippen molar-refractivity contribution in [1.82, 2.24) is 9.78 Å². The third kappa shape index (κ3) is 5.34. The fourth-order valence-corrected chi connectivity index (χ4v) is 4.77. The van der Waals surface area contributed by atoms with E-state index in [1.807, 2.05) is 60.4 Å². The third-order valence-corrected chi connectivity index (χ3v) is 6.68. The number of hydrogen-bond acceptors (Lipinski definition) is 5. The number of ether oxygens (including phenoxy) is 2. The number of hydrogen-bond donors (Lipinski definition) is 1. The Balaban J connectivity index is 1.29. The van der Waals surface area contributed by atoms with Gasteiger partial charge in [0, 0.05) is 31.8 Å². The van der Waals surface area contributed by atoms with E-state index in [0.717, 1.165) is 57.5 Å². The highest BCUT2D eigenvalue weighted by molar-refractivity contribution is 5.77. The molecule has 1 aliphatic rings. The first kappa shape index (κ1) is 23.7. The first-order chi connectivity index (χ1) is 18.7. The van der Waals surface area contributed by atoms with Gasteiger partial charge >= 0.3 is 0 Å².